The van der Waals surface area contributed by atoms with Gasteiger partial charge in [0, 0.05) is 6.07 Å². The molecule has 2 aromatic rings. The first-order valence-corrected chi connectivity index (χ1v) is 7.57. The summed E-state index contributed by atoms with van der Waals surface area (Å²) < 4.78 is 88.4. The lowest BCUT2D eigenvalue weighted by Crippen LogP contribution is -2.22. The number of benzene rings is 1. The Kier molecular flexibility index (Phi) is 5.97. The van der Waals surface area contributed by atoms with Crippen molar-refractivity contribution in [2.45, 2.75) is 25.9 Å². The molecule has 0 atom stereocenters. The van der Waals surface area contributed by atoms with Gasteiger partial charge in [0.1, 0.15) is 23.6 Å². The van der Waals surface area contributed by atoms with Crippen molar-refractivity contribution in [3.8, 4) is 5.75 Å². The Balaban J connectivity index is 2.59. The summed E-state index contributed by atoms with van der Waals surface area (Å²) >= 11 is 0. The van der Waals surface area contributed by atoms with Crippen LogP contribution in [0.1, 0.15) is 34.2 Å². The van der Waals surface area contributed by atoms with Gasteiger partial charge in [-0.1, -0.05) is 30.3 Å². The molecule has 0 unspecified atom stereocenters. The summed E-state index contributed by atoms with van der Waals surface area (Å²) in [5.74, 6) is -2.39. The number of hydrogen-bond acceptors (Lipinski definition) is 4. The Hall–Kier alpha value is -2.78. The fourth-order valence-corrected chi connectivity index (χ4v) is 2.12. The van der Waals surface area contributed by atoms with Gasteiger partial charge in [0.15, 0.2) is 5.69 Å². The number of nitrogens with zero attached hydrogens (tertiary/aromatic N) is 1. The fraction of sp³-hybridized carbons (Fsp3) is 0.294. The Morgan fingerprint density at radius 2 is 1.67 bits per heavy atom. The van der Waals surface area contributed by atoms with Crippen molar-refractivity contribution in [3.63, 3.8) is 0 Å². The van der Waals surface area contributed by atoms with Crippen LogP contribution >= 0.6 is 0 Å². The average molecular weight is 393 g/mol. The molecule has 1 aromatic carbocycles. The van der Waals surface area contributed by atoms with Crippen LogP contribution in [0, 0.1) is 0 Å². The summed E-state index contributed by atoms with van der Waals surface area (Å²) in [7, 11) is 0. The largest absolute Gasteiger partial charge is 0.488 e. The van der Waals surface area contributed by atoms with E-state index >= 15 is 0 Å². The molecule has 0 aliphatic heterocycles. The van der Waals surface area contributed by atoms with Crippen molar-refractivity contribution < 1.29 is 40.6 Å². The number of aromatic nitrogens is 1. The van der Waals surface area contributed by atoms with E-state index in [0.29, 0.717) is 5.56 Å². The molecule has 0 saturated heterocycles. The molecule has 0 saturated carbocycles. The normalized spacial score (nSPS) is 12.0. The van der Waals surface area contributed by atoms with Crippen LogP contribution < -0.4 is 4.74 Å². The number of alkyl halides is 6. The second-order valence-corrected chi connectivity index (χ2v) is 5.22. The van der Waals surface area contributed by atoms with E-state index in [-0.39, 0.29) is 19.3 Å². The van der Waals surface area contributed by atoms with E-state index < -0.39 is 41.0 Å². The zero-order chi connectivity index (χ0) is 20.2. The van der Waals surface area contributed by atoms with E-state index in [2.05, 4.69) is 9.72 Å². The highest BCUT2D eigenvalue weighted by molar-refractivity contribution is 5.94. The molecule has 0 radical (unpaired) electrons. The van der Waals surface area contributed by atoms with Gasteiger partial charge in [-0.2, -0.15) is 26.3 Å². The predicted octanol–water partition coefficient (Wildman–Crippen LogP) is 4.87. The topological polar surface area (TPSA) is 48.4 Å². The van der Waals surface area contributed by atoms with E-state index in [0.717, 1.165) is 0 Å². The van der Waals surface area contributed by atoms with Crippen LogP contribution in [0.3, 0.4) is 0 Å². The summed E-state index contributed by atoms with van der Waals surface area (Å²) in [5.41, 5.74) is -4.57. The van der Waals surface area contributed by atoms with Gasteiger partial charge in [-0.3, -0.25) is 0 Å². The molecule has 0 aliphatic carbocycles. The molecule has 27 heavy (non-hydrogen) atoms. The van der Waals surface area contributed by atoms with Crippen molar-refractivity contribution in [3.05, 3.63) is 58.9 Å². The summed E-state index contributed by atoms with van der Waals surface area (Å²) in [6.07, 6.45) is -10.5. The minimum atomic E-state index is -5.33. The SMILES string of the molecule is CCOC(=O)c1c(OCc2ccccc2)cc(C(F)(F)F)nc1C(F)(F)F. The molecule has 2 rings (SSSR count). The number of hydrogen-bond donors (Lipinski definition) is 0. The smallest absolute Gasteiger partial charge is 0.434 e. The molecule has 1 heterocycles. The standard InChI is InChI=1S/C17H13F6NO3/c1-2-26-15(25)13-11(27-9-10-6-4-3-5-7-10)8-12(16(18,19)20)24-14(13)17(21,22)23/h3-8H,2,9H2,1H3. The van der Waals surface area contributed by atoms with Crippen LogP contribution in [0.2, 0.25) is 0 Å². The second-order valence-electron chi connectivity index (χ2n) is 5.22. The maximum Gasteiger partial charge on any atom is 0.434 e. The number of halogens is 6. The van der Waals surface area contributed by atoms with Gasteiger partial charge in [0.25, 0.3) is 0 Å². The van der Waals surface area contributed by atoms with Crippen LogP contribution in [0.5, 0.6) is 5.75 Å². The van der Waals surface area contributed by atoms with Gasteiger partial charge in [-0.15, -0.1) is 0 Å². The molecule has 0 aliphatic rings. The molecule has 0 bridgehead atoms. The first kappa shape index (κ1) is 20.5. The number of carbonyl (C=O) groups excluding carboxylic acids is 1. The van der Waals surface area contributed by atoms with Crippen molar-refractivity contribution in [1.82, 2.24) is 4.98 Å². The quantitative estimate of drug-likeness (QED) is 0.537. The molecule has 10 heteroatoms. The lowest BCUT2D eigenvalue weighted by atomic mass is 10.1. The van der Waals surface area contributed by atoms with Crippen molar-refractivity contribution >= 4 is 5.97 Å². The molecule has 0 fully saturated rings. The van der Waals surface area contributed by atoms with Crippen molar-refractivity contribution in [2.24, 2.45) is 0 Å². The molecule has 0 spiro atoms. The van der Waals surface area contributed by atoms with Gasteiger partial charge in [-0.05, 0) is 12.5 Å². The average Bonchev–Trinajstić information content (AvgIpc) is 2.58. The van der Waals surface area contributed by atoms with E-state index in [9.17, 15) is 31.1 Å². The zero-order valence-corrected chi connectivity index (χ0v) is 13.8. The van der Waals surface area contributed by atoms with Gasteiger partial charge < -0.3 is 9.47 Å². The lowest BCUT2D eigenvalue weighted by Gasteiger charge is -2.18. The summed E-state index contributed by atoms with van der Waals surface area (Å²) in [6, 6.07) is 8.26. The third-order valence-electron chi connectivity index (χ3n) is 3.26. The first-order chi connectivity index (χ1) is 12.5. The molecular formula is C17H13F6NO3. The molecule has 4 nitrogen and oxygen atoms in total. The van der Waals surface area contributed by atoms with Crippen LogP contribution in [0.25, 0.3) is 0 Å². The van der Waals surface area contributed by atoms with E-state index in [4.69, 9.17) is 4.74 Å². The minimum Gasteiger partial charge on any atom is -0.488 e. The zero-order valence-electron chi connectivity index (χ0n) is 13.8. The summed E-state index contributed by atoms with van der Waals surface area (Å²) in [6.45, 7) is 0.703. The highest BCUT2D eigenvalue weighted by Gasteiger charge is 2.44. The van der Waals surface area contributed by atoms with Gasteiger partial charge >= 0.3 is 18.3 Å². The Bertz CT molecular complexity index is 803. The van der Waals surface area contributed by atoms with E-state index in [1.54, 1.807) is 30.3 Å². The van der Waals surface area contributed by atoms with Crippen LogP contribution in [-0.4, -0.2) is 17.6 Å². The van der Waals surface area contributed by atoms with E-state index in [1.807, 2.05) is 0 Å². The number of pyridine rings is 1. The number of carbonyl (C=O) groups is 1. The van der Waals surface area contributed by atoms with Crippen LogP contribution in [0.4, 0.5) is 26.3 Å². The van der Waals surface area contributed by atoms with Crippen LogP contribution in [-0.2, 0) is 23.7 Å². The highest BCUT2D eigenvalue weighted by atomic mass is 19.4. The number of esters is 1. The maximum atomic E-state index is 13.3. The Morgan fingerprint density at radius 1 is 1.04 bits per heavy atom. The molecule has 1 aromatic heterocycles. The second kappa shape index (κ2) is 7.85. The van der Waals surface area contributed by atoms with Gasteiger partial charge in [0.2, 0.25) is 0 Å². The Labute approximate surface area is 149 Å². The van der Waals surface area contributed by atoms with Gasteiger partial charge in [0.05, 0.1) is 6.61 Å². The van der Waals surface area contributed by atoms with Crippen molar-refractivity contribution in [1.29, 1.82) is 0 Å². The Morgan fingerprint density at radius 3 is 2.19 bits per heavy atom. The van der Waals surface area contributed by atoms with Crippen molar-refractivity contribution in [2.75, 3.05) is 6.61 Å². The molecule has 0 amide bonds. The predicted molar refractivity (Wildman–Crippen MR) is 81.0 cm³/mol. The van der Waals surface area contributed by atoms with E-state index in [1.165, 1.54) is 6.92 Å². The van der Waals surface area contributed by atoms with Crippen LogP contribution in [0.15, 0.2) is 36.4 Å². The number of rotatable bonds is 5. The molecular weight excluding hydrogens is 380 g/mol. The third-order valence-corrected chi connectivity index (χ3v) is 3.26. The fourth-order valence-electron chi connectivity index (χ4n) is 2.12. The number of ether oxygens (including phenoxy) is 2. The lowest BCUT2D eigenvalue weighted by molar-refractivity contribution is -0.150. The highest BCUT2D eigenvalue weighted by Crippen LogP contribution is 2.39. The summed E-state index contributed by atoms with van der Waals surface area (Å²) in [4.78, 5) is 14.6. The monoisotopic (exact) mass is 393 g/mol. The van der Waals surface area contributed by atoms with Gasteiger partial charge in [-0.25, -0.2) is 9.78 Å². The third kappa shape index (κ3) is 5.11. The first-order valence-electron chi connectivity index (χ1n) is 7.57. The minimum absolute atomic E-state index is 0.254. The molecule has 146 valence electrons. The summed E-state index contributed by atoms with van der Waals surface area (Å²) in [5, 5.41) is 0. The maximum absolute atomic E-state index is 13.3. The molecule has 0 N–H and O–H groups in total.